The van der Waals surface area contributed by atoms with Crippen molar-refractivity contribution in [1.29, 1.82) is 0 Å². The first kappa shape index (κ1) is 21.1. The molecule has 154 valence electrons. The number of aromatic nitrogens is 2. The van der Waals surface area contributed by atoms with Gasteiger partial charge >= 0.3 is 0 Å². The molecule has 0 saturated heterocycles. The van der Waals surface area contributed by atoms with E-state index < -0.39 is 0 Å². The Kier molecular flexibility index (Phi) is 6.52. The first-order chi connectivity index (χ1) is 14.4. The van der Waals surface area contributed by atoms with Gasteiger partial charge in [0.15, 0.2) is 0 Å². The lowest BCUT2D eigenvalue weighted by atomic mass is 9.97. The van der Waals surface area contributed by atoms with E-state index in [2.05, 4.69) is 22.6 Å². The maximum Gasteiger partial charge on any atom is 0.226 e. The number of carbonyl (C=O) groups is 1. The quantitative estimate of drug-likeness (QED) is 0.581. The molecule has 1 aromatic carbocycles. The first-order valence-electron chi connectivity index (χ1n) is 9.74. The number of carbonyl (C=O) groups excluding carboxylic acids is 1. The van der Waals surface area contributed by atoms with E-state index in [1.807, 2.05) is 49.5 Å². The number of H-pyrrole nitrogens is 1. The third-order valence-electron chi connectivity index (χ3n) is 5.03. The summed E-state index contributed by atoms with van der Waals surface area (Å²) in [7, 11) is 5.18. The van der Waals surface area contributed by atoms with Gasteiger partial charge in [-0.3, -0.25) is 9.78 Å². The number of para-hydroxylation sites is 1. The van der Waals surface area contributed by atoms with Crippen molar-refractivity contribution in [2.24, 2.45) is 0 Å². The van der Waals surface area contributed by atoms with Crippen LogP contribution < -0.4 is 4.74 Å². The zero-order valence-electron chi connectivity index (χ0n) is 17.9. The second-order valence-corrected chi connectivity index (χ2v) is 7.29. The zero-order chi connectivity index (χ0) is 21.7. The summed E-state index contributed by atoms with van der Waals surface area (Å²) in [6, 6.07) is 9.94. The molecule has 5 heteroatoms. The molecule has 0 bridgehead atoms. The van der Waals surface area contributed by atoms with E-state index in [0.717, 1.165) is 44.8 Å². The van der Waals surface area contributed by atoms with E-state index in [4.69, 9.17) is 4.74 Å². The molecule has 0 atom stereocenters. The van der Waals surface area contributed by atoms with Gasteiger partial charge in [0, 0.05) is 60.6 Å². The second kappa shape index (κ2) is 9.27. The van der Waals surface area contributed by atoms with Crippen molar-refractivity contribution in [3.05, 3.63) is 84.0 Å². The van der Waals surface area contributed by atoms with Crippen LogP contribution in [0.3, 0.4) is 0 Å². The summed E-state index contributed by atoms with van der Waals surface area (Å²) in [6.45, 7) is 6.03. The summed E-state index contributed by atoms with van der Waals surface area (Å²) >= 11 is 0. The molecule has 0 aliphatic heterocycles. The largest absolute Gasteiger partial charge is 0.496 e. The Hall–Kier alpha value is -3.60. The van der Waals surface area contributed by atoms with E-state index in [-0.39, 0.29) is 5.91 Å². The van der Waals surface area contributed by atoms with Crippen molar-refractivity contribution in [3.63, 3.8) is 0 Å². The van der Waals surface area contributed by atoms with Crippen LogP contribution in [-0.4, -0.2) is 42.0 Å². The molecule has 0 radical (unpaired) electrons. The average Bonchev–Trinajstić information content (AvgIpc) is 3.11. The minimum absolute atomic E-state index is 0.0398. The number of methoxy groups -OCH3 is 1. The molecule has 0 unspecified atom stereocenters. The standard InChI is InChI=1S/C25H27N3O2/c1-6-19(20-11-18(14-26-15-20)12-25(29)28(3)4)13-22-17(2)27-16-23(22)21-9-7-8-10-24(21)30-5/h6-11,13-16,27H,1,12H2,2-5H3/b19-13+. The molecule has 0 aliphatic carbocycles. The molecule has 0 spiro atoms. The van der Waals surface area contributed by atoms with Crippen molar-refractivity contribution in [2.75, 3.05) is 21.2 Å². The normalized spacial score (nSPS) is 11.3. The van der Waals surface area contributed by atoms with Gasteiger partial charge in [-0.15, -0.1) is 0 Å². The summed E-state index contributed by atoms with van der Waals surface area (Å²) in [6.07, 6.45) is 9.73. The minimum Gasteiger partial charge on any atom is -0.496 e. The number of likely N-dealkylation sites (N-methyl/N-ethyl adjacent to an activating group) is 1. The number of allylic oxidation sites excluding steroid dienone is 2. The molecule has 3 rings (SSSR count). The molecule has 1 amide bonds. The third-order valence-corrected chi connectivity index (χ3v) is 5.03. The van der Waals surface area contributed by atoms with E-state index in [0.29, 0.717) is 6.42 Å². The summed E-state index contributed by atoms with van der Waals surface area (Å²) in [5.74, 6) is 0.857. The van der Waals surface area contributed by atoms with E-state index in [9.17, 15) is 4.79 Å². The van der Waals surface area contributed by atoms with Crippen LogP contribution in [0.15, 0.2) is 61.6 Å². The Bertz CT molecular complexity index is 1090. The van der Waals surface area contributed by atoms with Gasteiger partial charge in [-0.2, -0.15) is 0 Å². The monoisotopic (exact) mass is 401 g/mol. The van der Waals surface area contributed by atoms with Crippen molar-refractivity contribution >= 4 is 17.6 Å². The molecular weight excluding hydrogens is 374 g/mol. The van der Waals surface area contributed by atoms with Gasteiger partial charge in [0.25, 0.3) is 0 Å². The molecule has 0 fully saturated rings. The maximum atomic E-state index is 12.1. The smallest absolute Gasteiger partial charge is 0.226 e. The van der Waals surface area contributed by atoms with Gasteiger partial charge in [-0.25, -0.2) is 0 Å². The van der Waals surface area contributed by atoms with Crippen LogP contribution in [0.4, 0.5) is 0 Å². The summed E-state index contributed by atoms with van der Waals surface area (Å²) in [5, 5.41) is 0. The summed E-state index contributed by atoms with van der Waals surface area (Å²) in [4.78, 5) is 21.3. The van der Waals surface area contributed by atoms with Gasteiger partial charge in [0.05, 0.1) is 13.5 Å². The summed E-state index contributed by atoms with van der Waals surface area (Å²) in [5.41, 5.74) is 6.89. The number of hydrogen-bond donors (Lipinski definition) is 1. The molecule has 0 aliphatic rings. The summed E-state index contributed by atoms with van der Waals surface area (Å²) < 4.78 is 5.55. The van der Waals surface area contributed by atoms with Crippen LogP contribution in [0.1, 0.15) is 22.4 Å². The molecule has 30 heavy (non-hydrogen) atoms. The van der Waals surface area contributed by atoms with Crippen molar-refractivity contribution < 1.29 is 9.53 Å². The van der Waals surface area contributed by atoms with Crippen LogP contribution >= 0.6 is 0 Å². The van der Waals surface area contributed by atoms with Crippen molar-refractivity contribution in [2.45, 2.75) is 13.3 Å². The second-order valence-electron chi connectivity index (χ2n) is 7.29. The molecule has 0 saturated carbocycles. The lowest BCUT2D eigenvalue weighted by molar-refractivity contribution is -0.127. The highest BCUT2D eigenvalue weighted by molar-refractivity contribution is 5.92. The Morgan fingerprint density at radius 1 is 1.23 bits per heavy atom. The van der Waals surface area contributed by atoms with Crippen molar-refractivity contribution in [3.8, 4) is 16.9 Å². The van der Waals surface area contributed by atoms with Crippen LogP contribution in [0, 0.1) is 6.92 Å². The number of rotatable bonds is 7. The number of aryl methyl sites for hydroxylation is 1. The van der Waals surface area contributed by atoms with Crippen LogP contribution in [-0.2, 0) is 11.2 Å². The van der Waals surface area contributed by atoms with Crippen LogP contribution in [0.5, 0.6) is 5.75 Å². The fourth-order valence-electron chi connectivity index (χ4n) is 3.30. The maximum absolute atomic E-state index is 12.1. The predicted octanol–water partition coefficient (Wildman–Crippen LogP) is 4.75. The Balaban J connectivity index is 2.03. The average molecular weight is 402 g/mol. The number of pyridine rings is 1. The molecule has 5 nitrogen and oxygen atoms in total. The number of nitrogens with one attached hydrogen (secondary N) is 1. The fraction of sp³-hybridized carbons (Fsp3) is 0.200. The molecule has 2 heterocycles. The Morgan fingerprint density at radius 2 is 2.00 bits per heavy atom. The van der Waals surface area contributed by atoms with E-state index >= 15 is 0 Å². The van der Waals surface area contributed by atoms with Crippen LogP contribution in [0.2, 0.25) is 0 Å². The highest BCUT2D eigenvalue weighted by Gasteiger charge is 2.14. The number of ether oxygens (including phenoxy) is 1. The highest BCUT2D eigenvalue weighted by Crippen LogP contribution is 2.35. The van der Waals surface area contributed by atoms with Gasteiger partial charge < -0.3 is 14.6 Å². The Labute approximate surface area is 177 Å². The number of nitrogens with zero attached hydrogens (tertiary/aromatic N) is 2. The number of benzene rings is 1. The van der Waals surface area contributed by atoms with Gasteiger partial charge in [-0.05, 0) is 36.3 Å². The SMILES string of the molecule is C=C/C(=C\c1c(-c2ccccc2OC)c[nH]c1C)c1cncc(CC(=O)N(C)C)c1. The molecule has 1 N–H and O–H groups in total. The minimum atomic E-state index is 0.0398. The van der Waals surface area contributed by atoms with E-state index in [1.54, 1.807) is 38.5 Å². The molecule has 3 aromatic rings. The lowest BCUT2D eigenvalue weighted by Crippen LogP contribution is -2.23. The fourth-order valence-corrected chi connectivity index (χ4v) is 3.30. The highest BCUT2D eigenvalue weighted by atomic mass is 16.5. The van der Waals surface area contributed by atoms with Gasteiger partial charge in [0.2, 0.25) is 5.91 Å². The lowest BCUT2D eigenvalue weighted by Gasteiger charge is -2.11. The predicted molar refractivity (Wildman–Crippen MR) is 122 cm³/mol. The number of amides is 1. The third kappa shape index (κ3) is 4.51. The molecular formula is C25H27N3O2. The topological polar surface area (TPSA) is 58.2 Å². The number of aromatic amines is 1. The zero-order valence-corrected chi connectivity index (χ0v) is 17.9. The Morgan fingerprint density at radius 3 is 2.70 bits per heavy atom. The van der Waals surface area contributed by atoms with Crippen LogP contribution in [0.25, 0.3) is 22.8 Å². The molecule has 2 aromatic heterocycles. The van der Waals surface area contributed by atoms with Crippen molar-refractivity contribution in [1.82, 2.24) is 14.9 Å². The number of hydrogen-bond acceptors (Lipinski definition) is 3. The van der Waals surface area contributed by atoms with E-state index in [1.165, 1.54) is 0 Å². The van der Waals surface area contributed by atoms with Gasteiger partial charge in [-0.1, -0.05) is 30.9 Å². The first-order valence-corrected chi connectivity index (χ1v) is 9.74. The van der Waals surface area contributed by atoms with Gasteiger partial charge in [0.1, 0.15) is 5.75 Å².